The summed E-state index contributed by atoms with van der Waals surface area (Å²) >= 11 is 1.67. The van der Waals surface area contributed by atoms with Crippen LogP contribution in [0.25, 0.3) is 0 Å². The molecular weight excluding hydrogens is 312 g/mol. The molecule has 23 heavy (non-hydrogen) atoms. The van der Waals surface area contributed by atoms with Gasteiger partial charge in [-0.15, -0.1) is 11.3 Å². The lowest BCUT2D eigenvalue weighted by atomic mass is 9.94. The van der Waals surface area contributed by atoms with Gasteiger partial charge in [-0.25, -0.2) is 0 Å². The van der Waals surface area contributed by atoms with E-state index in [4.69, 9.17) is 4.74 Å². The smallest absolute Gasteiger partial charge is 0.254 e. The first-order chi connectivity index (χ1) is 11.1. The van der Waals surface area contributed by atoms with Crippen molar-refractivity contribution in [3.63, 3.8) is 0 Å². The van der Waals surface area contributed by atoms with E-state index in [2.05, 4.69) is 0 Å². The van der Waals surface area contributed by atoms with Crippen molar-refractivity contribution in [2.75, 3.05) is 39.4 Å². The number of amides is 2. The quantitative estimate of drug-likeness (QED) is 0.831. The van der Waals surface area contributed by atoms with Crippen LogP contribution in [0.2, 0.25) is 0 Å². The Balaban J connectivity index is 1.56. The molecule has 2 fully saturated rings. The lowest BCUT2D eigenvalue weighted by Crippen LogP contribution is -2.47. The predicted octanol–water partition coefficient (Wildman–Crippen LogP) is 2.08. The van der Waals surface area contributed by atoms with E-state index in [0.717, 1.165) is 23.3 Å². The fraction of sp³-hybridized carbons (Fsp3) is 0.647. The van der Waals surface area contributed by atoms with Gasteiger partial charge < -0.3 is 14.5 Å². The number of hydrogen-bond acceptors (Lipinski definition) is 4. The van der Waals surface area contributed by atoms with E-state index < -0.39 is 0 Å². The van der Waals surface area contributed by atoms with Gasteiger partial charge in [-0.2, -0.15) is 0 Å². The number of hydrogen-bond donors (Lipinski definition) is 0. The Labute approximate surface area is 141 Å². The molecule has 3 rings (SSSR count). The van der Waals surface area contributed by atoms with Crippen LogP contribution in [0.4, 0.5) is 0 Å². The van der Waals surface area contributed by atoms with Gasteiger partial charge in [0.15, 0.2) is 0 Å². The summed E-state index contributed by atoms with van der Waals surface area (Å²) in [6.07, 6.45) is 1.54. The topological polar surface area (TPSA) is 49.9 Å². The first kappa shape index (κ1) is 16.5. The summed E-state index contributed by atoms with van der Waals surface area (Å²) in [5.74, 6) is 0.412. The zero-order chi connectivity index (χ0) is 16.4. The number of rotatable bonds is 2. The number of carbonyl (C=O) groups is 2. The van der Waals surface area contributed by atoms with E-state index in [-0.39, 0.29) is 17.7 Å². The number of piperidine rings is 1. The van der Waals surface area contributed by atoms with Crippen LogP contribution in [0.3, 0.4) is 0 Å². The second kappa shape index (κ2) is 7.01. The van der Waals surface area contributed by atoms with Crippen molar-refractivity contribution in [2.45, 2.75) is 26.7 Å². The van der Waals surface area contributed by atoms with Crippen molar-refractivity contribution < 1.29 is 14.3 Å². The summed E-state index contributed by atoms with van der Waals surface area (Å²) in [5.41, 5.74) is 0.824. The molecule has 0 spiro atoms. The molecule has 2 aliphatic rings. The highest BCUT2D eigenvalue weighted by atomic mass is 32.1. The molecule has 0 saturated carbocycles. The van der Waals surface area contributed by atoms with E-state index in [1.165, 1.54) is 4.88 Å². The Morgan fingerprint density at radius 1 is 1.09 bits per heavy atom. The summed E-state index contributed by atoms with van der Waals surface area (Å²) in [5, 5.41) is 0. The molecule has 0 bridgehead atoms. The number of thiophene rings is 1. The van der Waals surface area contributed by atoms with Crippen molar-refractivity contribution in [2.24, 2.45) is 5.92 Å². The number of nitrogens with zero attached hydrogens (tertiary/aromatic N) is 2. The maximum atomic E-state index is 12.6. The average molecular weight is 336 g/mol. The molecular formula is C17H24N2O3S. The summed E-state index contributed by atoms with van der Waals surface area (Å²) < 4.78 is 5.30. The molecule has 3 heterocycles. The van der Waals surface area contributed by atoms with Crippen molar-refractivity contribution in [3.05, 3.63) is 21.4 Å². The van der Waals surface area contributed by atoms with Crippen LogP contribution in [-0.4, -0.2) is 61.0 Å². The van der Waals surface area contributed by atoms with Crippen LogP contribution < -0.4 is 0 Å². The Morgan fingerprint density at radius 3 is 2.30 bits per heavy atom. The summed E-state index contributed by atoms with van der Waals surface area (Å²) in [7, 11) is 0. The van der Waals surface area contributed by atoms with Gasteiger partial charge in [-0.05, 0) is 32.8 Å². The maximum Gasteiger partial charge on any atom is 0.254 e. The van der Waals surface area contributed by atoms with Gasteiger partial charge in [0.25, 0.3) is 5.91 Å². The molecule has 0 aromatic carbocycles. The number of ether oxygens (including phenoxy) is 1. The average Bonchev–Trinajstić information content (AvgIpc) is 2.93. The number of likely N-dealkylation sites (tertiary alicyclic amines) is 1. The van der Waals surface area contributed by atoms with E-state index in [0.29, 0.717) is 39.4 Å². The van der Waals surface area contributed by atoms with Gasteiger partial charge in [0, 0.05) is 41.9 Å². The van der Waals surface area contributed by atoms with E-state index in [1.54, 1.807) is 11.3 Å². The number of aryl methyl sites for hydroxylation is 2. The van der Waals surface area contributed by atoms with Crippen LogP contribution in [0.15, 0.2) is 6.07 Å². The normalized spacial score (nSPS) is 19.9. The Morgan fingerprint density at radius 2 is 1.74 bits per heavy atom. The molecule has 2 saturated heterocycles. The highest BCUT2D eigenvalue weighted by Gasteiger charge is 2.31. The SMILES string of the molecule is Cc1cc(C(=O)N2CCC(C(=O)N3CCOCC3)CC2)c(C)s1. The Kier molecular flexibility index (Phi) is 5.02. The molecule has 126 valence electrons. The minimum atomic E-state index is 0.0578. The minimum absolute atomic E-state index is 0.0578. The first-order valence-electron chi connectivity index (χ1n) is 8.29. The van der Waals surface area contributed by atoms with Gasteiger partial charge in [0.1, 0.15) is 0 Å². The van der Waals surface area contributed by atoms with Crippen LogP contribution in [0.5, 0.6) is 0 Å². The lowest BCUT2D eigenvalue weighted by Gasteiger charge is -2.35. The Bertz CT molecular complexity index is 585. The number of morpholine rings is 1. The van der Waals surface area contributed by atoms with Crippen LogP contribution in [-0.2, 0) is 9.53 Å². The fourth-order valence-electron chi connectivity index (χ4n) is 3.38. The van der Waals surface area contributed by atoms with Crippen LogP contribution >= 0.6 is 11.3 Å². The molecule has 0 N–H and O–H groups in total. The molecule has 1 aromatic heterocycles. The largest absolute Gasteiger partial charge is 0.378 e. The van der Waals surface area contributed by atoms with Crippen LogP contribution in [0.1, 0.15) is 33.0 Å². The van der Waals surface area contributed by atoms with E-state index >= 15 is 0 Å². The van der Waals surface area contributed by atoms with Crippen molar-refractivity contribution in [1.82, 2.24) is 9.80 Å². The van der Waals surface area contributed by atoms with Gasteiger partial charge in [0.05, 0.1) is 18.8 Å². The van der Waals surface area contributed by atoms with Crippen LogP contribution in [0, 0.1) is 19.8 Å². The Hall–Kier alpha value is -1.40. The second-order valence-electron chi connectivity index (χ2n) is 6.33. The maximum absolute atomic E-state index is 12.6. The van der Waals surface area contributed by atoms with Gasteiger partial charge >= 0.3 is 0 Å². The molecule has 1 aromatic rings. The molecule has 6 heteroatoms. The molecule has 0 unspecified atom stereocenters. The zero-order valence-electron chi connectivity index (χ0n) is 13.8. The molecule has 0 radical (unpaired) electrons. The third-order valence-corrected chi connectivity index (χ3v) is 5.69. The molecule has 0 atom stereocenters. The summed E-state index contributed by atoms with van der Waals surface area (Å²) in [4.78, 5) is 31.2. The molecule has 5 nitrogen and oxygen atoms in total. The lowest BCUT2D eigenvalue weighted by molar-refractivity contribution is -0.141. The third kappa shape index (κ3) is 3.58. The highest BCUT2D eigenvalue weighted by Crippen LogP contribution is 2.25. The molecule has 2 aliphatic heterocycles. The summed E-state index contributed by atoms with van der Waals surface area (Å²) in [6, 6.07) is 1.98. The fourth-order valence-corrected chi connectivity index (χ4v) is 4.30. The van der Waals surface area contributed by atoms with Gasteiger partial charge in [0.2, 0.25) is 5.91 Å². The van der Waals surface area contributed by atoms with Crippen molar-refractivity contribution in [3.8, 4) is 0 Å². The zero-order valence-corrected chi connectivity index (χ0v) is 14.7. The predicted molar refractivity (Wildman–Crippen MR) is 89.8 cm³/mol. The minimum Gasteiger partial charge on any atom is -0.378 e. The summed E-state index contributed by atoms with van der Waals surface area (Å²) in [6.45, 7) is 8.06. The van der Waals surface area contributed by atoms with Crippen molar-refractivity contribution in [1.29, 1.82) is 0 Å². The van der Waals surface area contributed by atoms with Crippen molar-refractivity contribution >= 4 is 23.2 Å². The van der Waals surface area contributed by atoms with E-state index in [9.17, 15) is 9.59 Å². The van der Waals surface area contributed by atoms with Gasteiger partial charge in [-0.1, -0.05) is 0 Å². The highest BCUT2D eigenvalue weighted by molar-refractivity contribution is 7.12. The molecule has 2 amide bonds. The van der Waals surface area contributed by atoms with E-state index in [1.807, 2.05) is 29.7 Å². The standard InChI is InChI=1S/C17H24N2O3S/c1-12-11-15(13(2)23-12)17(21)18-5-3-14(4-6-18)16(20)19-7-9-22-10-8-19/h11,14H,3-10H2,1-2H3. The molecule has 0 aliphatic carbocycles. The monoisotopic (exact) mass is 336 g/mol. The number of carbonyl (C=O) groups excluding carboxylic acids is 2. The first-order valence-corrected chi connectivity index (χ1v) is 9.10. The van der Waals surface area contributed by atoms with Gasteiger partial charge in [-0.3, -0.25) is 9.59 Å². The third-order valence-electron chi connectivity index (χ3n) is 4.73. The second-order valence-corrected chi connectivity index (χ2v) is 7.79.